The van der Waals surface area contributed by atoms with Gasteiger partial charge < -0.3 is 14.4 Å². The third-order valence-electron chi connectivity index (χ3n) is 4.90. The molecular formula is C18H25ClN2O3. The van der Waals surface area contributed by atoms with Crippen molar-refractivity contribution in [3.05, 3.63) is 28.8 Å². The Labute approximate surface area is 148 Å². The Kier molecular flexibility index (Phi) is 5.98. The molecule has 2 fully saturated rings. The Morgan fingerprint density at radius 3 is 2.62 bits per heavy atom. The Bertz CT molecular complexity index is 567. The fourth-order valence-corrected chi connectivity index (χ4v) is 3.69. The molecule has 1 amide bonds. The summed E-state index contributed by atoms with van der Waals surface area (Å²) in [5.74, 6) is 1.32. The van der Waals surface area contributed by atoms with Gasteiger partial charge >= 0.3 is 0 Å². The number of morpholine rings is 1. The highest BCUT2D eigenvalue weighted by Gasteiger charge is 2.29. The smallest absolute Gasteiger partial charge is 0.225 e. The molecule has 2 aliphatic rings. The SMILES string of the molecule is COc1ccc(Cl)cc1CN1CCC(C(=O)N2CCOCC2)CC1. The number of methoxy groups -OCH3 is 1. The van der Waals surface area contributed by atoms with Crippen LogP contribution in [0.25, 0.3) is 0 Å². The van der Waals surface area contributed by atoms with Crippen LogP contribution in [0.15, 0.2) is 18.2 Å². The Hall–Kier alpha value is -1.30. The van der Waals surface area contributed by atoms with Gasteiger partial charge in [-0.3, -0.25) is 9.69 Å². The molecule has 0 saturated carbocycles. The number of hydrogen-bond donors (Lipinski definition) is 0. The average molecular weight is 353 g/mol. The monoisotopic (exact) mass is 352 g/mol. The molecule has 1 aromatic carbocycles. The first kappa shape index (κ1) is 17.5. The van der Waals surface area contributed by atoms with E-state index in [1.807, 2.05) is 23.1 Å². The number of hydrogen-bond acceptors (Lipinski definition) is 4. The second-order valence-electron chi connectivity index (χ2n) is 6.44. The third kappa shape index (κ3) is 4.21. The van der Waals surface area contributed by atoms with Crippen LogP contribution in [0.1, 0.15) is 18.4 Å². The van der Waals surface area contributed by atoms with Crippen molar-refractivity contribution >= 4 is 17.5 Å². The molecule has 24 heavy (non-hydrogen) atoms. The van der Waals surface area contributed by atoms with Crippen LogP contribution >= 0.6 is 11.6 Å². The topological polar surface area (TPSA) is 42.0 Å². The minimum absolute atomic E-state index is 0.153. The van der Waals surface area contributed by atoms with Crippen molar-refractivity contribution in [1.29, 1.82) is 0 Å². The summed E-state index contributed by atoms with van der Waals surface area (Å²) >= 11 is 6.11. The van der Waals surface area contributed by atoms with Crippen LogP contribution < -0.4 is 4.74 Å². The zero-order valence-corrected chi connectivity index (χ0v) is 14.9. The first-order valence-corrected chi connectivity index (χ1v) is 8.96. The molecule has 0 unspecified atom stereocenters. The summed E-state index contributed by atoms with van der Waals surface area (Å²) in [7, 11) is 1.68. The number of carbonyl (C=O) groups excluding carboxylic acids is 1. The average Bonchev–Trinajstić information content (AvgIpc) is 2.63. The van der Waals surface area contributed by atoms with Crippen molar-refractivity contribution in [2.45, 2.75) is 19.4 Å². The van der Waals surface area contributed by atoms with Gasteiger partial charge in [-0.1, -0.05) is 11.6 Å². The van der Waals surface area contributed by atoms with Gasteiger partial charge in [-0.2, -0.15) is 0 Å². The van der Waals surface area contributed by atoms with Crippen LogP contribution in [-0.4, -0.2) is 62.2 Å². The number of carbonyl (C=O) groups is 1. The maximum absolute atomic E-state index is 12.6. The van der Waals surface area contributed by atoms with E-state index >= 15 is 0 Å². The van der Waals surface area contributed by atoms with Crippen molar-refractivity contribution in [3.63, 3.8) is 0 Å². The van der Waals surface area contributed by atoms with E-state index in [1.54, 1.807) is 7.11 Å². The highest BCUT2D eigenvalue weighted by atomic mass is 35.5. The van der Waals surface area contributed by atoms with E-state index < -0.39 is 0 Å². The minimum atomic E-state index is 0.153. The number of piperidine rings is 1. The van der Waals surface area contributed by atoms with E-state index in [0.29, 0.717) is 19.1 Å². The van der Waals surface area contributed by atoms with Crippen molar-refractivity contribution in [3.8, 4) is 5.75 Å². The number of ether oxygens (including phenoxy) is 2. The summed E-state index contributed by atoms with van der Waals surface area (Å²) in [4.78, 5) is 16.9. The van der Waals surface area contributed by atoms with E-state index in [4.69, 9.17) is 21.1 Å². The zero-order chi connectivity index (χ0) is 16.9. The molecule has 0 atom stereocenters. The Morgan fingerprint density at radius 2 is 1.96 bits per heavy atom. The number of rotatable bonds is 4. The summed E-state index contributed by atoms with van der Waals surface area (Å²) < 4.78 is 10.7. The van der Waals surface area contributed by atoms with Gasteiger partial charge in [-0.15, -0.1) is 0 Å². The lowest BCUT2D eigenvalue weighted by atomic mass is 9.94. The maximum Gasteiger partial charge on any atom is 0.225 e. The highest BCUT2D eigenvalue weighted by molar-refractivity contribution is 6.30. The second-order valence-corrected chi connectivity index (χ2v) is 6.88. The molecule has 6 heteroatoms. The molecule has 2 saturated heterocycles. The van der Waals surface area contributed by atoms with E-state index in [2.05, 4.69) is 4.90 Å². The van der Waals surface area contributed by atoms with Crippen molar-refractivity contribution in [2.24, 2.45) is 5.92 Å². The summed E-state index contributed by atoms with van der Waals surface area (Å²) in [6.45, 7) is 5.46. The quantitative estimate of drug-likeness (QED) is 0.834. The molecular weight excluding hydrogens is 328 g/mol. The van der Waals surface area contributed by atoms with Crippen LogP contribution in [0.4, 0.5) is 0 Å². The van der Waals surface area contributed by atoms with Crippen LogP contribution in [0, 0.1) is 5.92 Å². The van der Waals surface area contributed by atoms with Crippen LogP contribution in [0.5, 0.6) is 5.75 Å². The molecule has 0 spiro atoms. The predicted octanol–water partition coefficient (Wildman–Crippen LogP) is 2.42. The first-order chi connectivity index (χ1) is 11.7. The van der Waals surface area contributed by atoms with E-state index in [-0.39, 0.29) is 5.92 Å². The van der Waals surface area contributed by atoms with Gasteiger partial charge in [0.15, 0.2) is 0 Å². The molecule has 132 valence electrons. The largest absolute Gasteiger partial charge is 0.496 e. The number of nitrogens with zero attached hydrogens (tertiary/aromatic N) is 2. The molecule has 0 bridgehead atoms. The van der Waals surface area contributed by atoms with E-state index in [1.165, 1.54) is 0 Å². The van der Waals surface area contributed by atoms with Crippen LogP contribution in [0.3, 0.4) is 0 Å². The number of amides is 1. The molecule has 1 aromatic rings. The predicted molar refractivity (Wildman–Crippen MR) is 93.4 cm³/mol. The molecule has 2 aliphatic heterocycles. The first-order valence-electron chi connectivity index (χ1n) is 8.58. The zero-order valence-electron chi connectivity index (χ0n) is 14.2. The standard InChI is InChI=1S/C18H25ClN2O3/c1-23-17-3-2-16(19)12-15(17)13-20-6-4-14(5-7-20)18(22)21-8-10-24-11-9-21/h2-3,12,14H,4-11,13H2,1H3. The lowest BCUT2D eigenvalue weighted by Gasteiger charge is -2.35. The molecule has 0 N–H and O–H groups in total. The van der Waals surface area contributed by atoms with E-state index in [0.717, 1.165) is 61.9 Å². The number of halogens is 1. The second kappa shape index (κ2) is 8.19. The third-order valence-corrected chi connectivity index (χ3v) is 5.13. The van der Waals surface area contributed by atoms with Gasteiger partial charge in [-0.05, 0) is 44.1 Å². The highest BCUT2D eigenvalue weighted by Crippen LogP contribution is 2.27. The lowest BCUT2D eigenvalue weighted by Crippen LogP contribution is -2.46. The maximum atomic E-state index is 12.6. The summed E-state index contributed by atoms with van der Waals surface area (Å²) in [6, 6.07) is 5.72. The van der Waals surface area contributed by atoms with Gasteiger partial charge in [0.1, 0.15) is 5.75 Å². The molecule has 2 heterocycles. The minimum Gasteiger partial charge on any atom is -0.496 e. The number of likely N-dealkylation sites (tertiary alicyclic amines) is 1. The molecule has 0 aliphatic carbocycles. The summed E-state index contributed by atoms with van der Waals surface area (Å²) in [5, 5.41) is 0.725. The molecule has 0 aromatic heterocycles. The number of benzene rings is 1. The Balaban J connectivity index is 1.53. The van der Waals surface area contributed by atoms with Gasteiger partial charge in [-0.25, -0.2) is 0 Å². The molecule has 0 radical (unpaired) electrons. The molecule has 5 nitrogen and oxygen atoms in total. The summed E-state index contributed by atoms with van der Waals surface area (Å²) in [6.07, 6.45) is 1.83. The van der Waals surface area contributed by atoms with E-state index in [9.17, 15) is 4.79 Å². The van der Waals surface area contributed by atoms with Gasteiger partial charge in [0.2, 0.25) is 5.91 Å². The van der Waals surface area contributed by atoms with Crippen LogP contribution in [-0.2, 0) is 16.1 Å². The van der Waals surface area contributed by atoms with Gasteiger partial charge in [0.05, 0.1) is 20.3 Å². The Morgan fingerprint density at radius 1 is 1.25 bits per heavy atom. The fraction of sp³-hybridized carbons (Fsp3) is 0.611. The van der Waals surface area contributed by atoms with Crippen molar-refractivity contribution in [2.75, 3.05) is 46.5 Å². The fourth-order valence-electron chi connectivity index (χ4n) is 3.49. The van der Waals surface area contributed by atoms with Gasteiger partial charge in [0.25, 0.3) is 0 Å². The van der Waals surface area contributed by atoms with Crippen molar-refractivity contribution < 1.29 is 14.3 Å². The molecule has 3 rings (SSSR count). The normalized spacial score (nSPS) is 20.2. The lowest BCUT2D eigenvalue weighted by molar-refractivity contribution is -0.141. The van der Waals surface area contributed by atoms with Crippen LogP contribution in [0.2, 0.25) is 5.02 Å². The van der Waals surface area contributed by atoms with Gasteiger partial charge in [0, 0.05) is 36.1 Å². The summed E-state index contributed by atoms with van der Waals surface area (Å²) in [5.41, 5.74) is 1.10. The van der Waals surface area contributed by atoms with Crippen molar-refractivity contribution in [1.82, 2.24) is 9.80 Å².